The molecule has 4 fully saturated rings. The molecule has 1 amide bonds. The Kier molecular flexibility index (Phi) is 13.3. The van der Waals surface area contributed by atoms with Gasteiger partial charge in [-0.1, -0.05) is 13.8 Å². The number of aliphatic hydroxyl groups excluding tert-OH is 1. The van der Waals surface area contributed by atoms with Gasteiger partial charge in [0, 0.05) is 46.1 Å². The number of carbonyl (C=O) groups excluding carboxylic acids is 2. The fraction of sp³-hybridized carbons (Fsp3) is 0.917. The van der Waals surface area contributed by atoms with E-state index in [4.69, 9.17) is 33.2 Å². The van der Waals surface area contributed by atoms with Crippen LogP contribution < -0.4 is 0 Å². The molecule has 4 aliphatic heterocycles. The Bertz CT molecular complexity index is 1200. The summed E-state index contributed by atoms with van der Waals surface area (Å²) < 4.78 is 43.9. The van der Waals surface area contributed by atoms with Crippen molar-refractivity contribution in [3.05, 3.63) is 0 Å². The van der Waals surface area contributed by atoms with Crippen LogP contribution >= 0.6 is 0 Å². The van der Waals surface area contributed by atoms with Gasteiger partial charge in [0.25, 0.3) is 6.02 Å². The first-order valence-corrected chi connectivity index (χ1v) is 18.2. The van der Waals surface area contributed by atoms with Gasteiger partial charge in [0.05, 0.1) is 54.0 Å². The average molecular weight is 714 g/mol. The lowest BCUT2D eigenvalue weighted by atomic mass is 9.77. The summed E-state index contributed by atoms with van der Waals surface area (Å²) in [5, 5.41) is 23.3. The minimum Gasteiger partial charge on any atom is -0.465 e. The molecule has 14 atom stereocenters. The van der Waals surface area contributed by atoms with Gasteiger partial charge < -0.3 is 53.2 Å². The highest BCUT2D eigenvalue weighted by Crippen LogP contribution is 2.40. The molecule has 0 aromatic heterocycles. The molecule has 0 aromatic carbocycles. The number of fused-ring (bicyclic) bond motifs is 1. The van der Waals surface area contributed by atoms with E-state index in [0.717, 1.165) is 0 Å². The van der Waals surface area contributed by atoms with Gasteiger partial charge in [-0.25, -0.2) is 4.99 Å². The molecule has 0 saturated carbocycles. The van der Waals surface area contributed by atoms with Crippen molar-refractivity contribution in [2.45, 2.75) is 160 Å². The van der Waals surface area contributed by atoms with Gasteiger partial charge in [0.2, 0.25) is 5.91 Å². The zero-order chi connectivity index (χ0) is 37.3. The third-order valence-corrected chi connectivity index (χ3v) is 10.9. The van der Waals surface area contributed by atoms with Crippen molar-refractivity contribution in [2.75, 3.05) is 34.4 Å². The second kappa shape index (κ2) is 16.3. The minimum absolute atomic E-state index is 0.0158. The van der Waals surface area contributed by atoms with E-state index in [1.165, 1.54) is 7.11 Å². The lowest BCUT2D eigenvalue weighted by Crippen LogP contribution is -2.59. The van der Waals surface area contributed by atoms with Crippen LogP contribution in [0.5, 0.6) is 0 Å². The summed E-state index contributed by atoms with van der Waals surface area (Å²) >= 11 is 0. The van der Waals surface area contributed by atoms with Crippen molar-refractivity contribution < 1.29 is 53.0 Å². The first kappa shape index (κ1) is 40.7. The lowest BCUT2D eigenvalue weighted by molar-refractivity contribution is -0.313. The Morgan fingerprint density at radius 2 is 1.70 bits per heavy atom. The number of nitrogens with zero attached hydrogens (tertiary/aromatic N) is 3. The molecule has 2 N–H and O–H groups in total. The summed E-state index contributed by atoms with van der Waals surface area (Å²) in [5.41, 5.74) is -2.46. The van der Waals surface area contributed by atoms with Gasteiger partial charge in [0.15, 0.2) is 18.7 Å². The van der Waals surface area contributed by atoms with Gasteiger partial charge in [-0.3, -0.25) is 9.59 Å². The lowest BCUT2D eigenvalue weighted by Gasteiger charge is -2.48. The summed E-state index contributed by atoms with van der Waals surface area (Å²) in [6.45, 7) is 17.1. The predicted octanol–water partition coefficient (Wildman–Crippen LogP) is 2.71. The number of cyclic esters (lactones) is 1. The fourth-order valence-electron chi connectivity index (χ4n) is 8.10. The molecular weight excluding hydrogens is 650 g/mol. The fourth-order valence-corrected chi connectivity index (χ4v) is 8.10. The van der Waals surface area contributed by atoms with Gasteiger partial charge >= 0.3 is 5.97 Å². The first-order valence-electron chi connectivity index (χ1n) is 18.2. The normalized spacial score (nSPS) is 44.9. The van der Waals surface area contributed by atoms with Crippen molar-refractivity contribution in [3.63, 3.8) is 0 Å². The van der Waals surface area contributed by atoms with Crippen molar-refractivity contribution in [1.29, 1.82) is 0 Å². The van der Waals surface area contributed by atoms with Crippen LogP contribution in [0, 0.1) is 17.8 Å². The number of aliphatic imine (C=N–C) groups is 1. The van der Waals surface area contributed by atoms with Crippen LogP contribution in [0.3, 0.4) is 0 Å². The van der Waals surface area contributed by atoms with E-state index in [2.05, 4.69) is 4.99 Å². The molecule has 0 unspecified atom stereocenters. The number of hydrogen-bond acceptors (Lipinski definition) is 12. The van der Waals surface area contributed by atoms with Crippen molar-refractivity contribution in [2.24, 2.45) is 22.7 Å². The summed E-state index contributed by atoms with van der Waals surface area (Å²) in [7, 11) is 5.19. The Morgan fingerprint density at radius 1 is 1.02 bits per heavy atom. The monoisotopic (exact) mass is 713 g/mol. The molecule has 4 heterocycles. The molecule has 0 bridgehead atoms. The number of amides is 1. The Morgan fingerprint density at radius 3 is 2.34 bits per heavy atom. The maximum Gasteiger partial charge on any atom is 0.311 e. The van der Waals surface area contributed by atoms with Gasteiger partial charge in [-0.15, -0.1) is 0 Å². The molecule has 14 nitrogen and oxygen atoms in total. The second-order valence-electron chi connectivity index (χ2n) is 15.9. The van der Waals surface area contributed by atoms with E-state index < -0.39 is 72.1 Å². The van der Waals surface area contributed by atoms with Crippen LogP contribution in [0.25, 0.3) is 0 Å². The van der Waals surface area contributed by atoms with Crippen LogP contribution in [0.1, 0.15) is 88.0 Å². The molecule has 4 saturated heterocycles. The van der Waals surface area contributed by atoms with E-state index in [1.807, 2.05) is 46.6 Å². The van der Waals surface area contributed by atoms with Crippen LogP contribution in [0.4, 0.5) is 0 Å². The zero-order valence-corrected chi connectivity index (χ0v) is 32.2. The number of aliphatic hydroxyl groups is 2. The second-order valence-corrected chi connectivity index (χ2v) is 15.9. The van der Waals surface area contributed by atoms with Crippen LogP contribution in [-0.4, -0.2) is 145 Å². The van der Waals surface area contributed by atoms with Gasteiger partial charge in [-0.05, 0) is 67.2 Å². The topological polar surface area (TPSA) is 158 Å². The molecule has 50 heavy (non-hydrogen) atoms. The van der Waals surface area contributed by atoms with Crippen molar-refractivity contribution in [3.8, 4) is 0 Å². The quantitative estimate of drug-likeness (QED) is 0.389. The third kappa shape index (κ3) is 9.10. The smallest absolute Gasteiger partial charge is 0.311 e. The summed E-state index contributed by atoms with van der Waals surface area (Å²) in [4.78, 5) is 34.9. The summed E-state index contributed by atoms with van der Waals surface area (Å²) in [6.07, 6.45) is -4.65. The van der Waals surface area contributed by atoms with Gasteiger partial charge in [-0.2, -0.15) is 0 Å². The van der Waals surface area contributed by atoms with Crippen molar-refractivity contribution >= 4 is 17.9 Å². The van der Waals surface area contributed by atoms with Crippen LogP contribution in [0.15, 0.2) is 4.99 Å². The van der Waals surface area contributed by atoms with Gasteiger partial charge in [0.1, 0.15) is 12.7 Å². The molecule has 0 radical (unpaired) electrons. The molecule has 288 valence electrons. The highest BCUT2D eigenvalue weighted by atomic mass is 16.7. The first-order chi connectivity index (χ1) is 23.3. The largest absolute Gasteiger partial charge is 0.465 e. The number of rotatable bonds is 6. The number of methoxy groups -OCH3 is 1. The van der Waals surface area contributed by atoms with E-state index in [1.54, 1.807) is 39.6 Å². The molecule has 0 aromatic rings. The molecular formula is C36H63N3O11. The zero-order valence-electron chi connectivity index (χ0n) is 32.2. The van der Waals surface area contributed by atoms with Crippen LogP contribution in [0.2, 0.25) is 0 Å². The highest BCUT2D eigenvalue weighted by Gasteiger charge is 2.54. The Hall–Kier alpha value is -2.07. The number of amidine groups is 1. The maximum absolute atomic E-state index is 13.6. The summed E-state index contributed by atoms with van der Waals surface area (Å²) in [6, 6.07) is 0.454. The molecule has 4 rings (SSSR count). The number of likely N-dealkylation sites (N-methyl/N-ethyl adjacent to an activating group) is 1. The highest BCUT2D eigenvalue weighted by molar-refractivity contribution is 5.77. The number of ether oxygens (including phenoxy) is 7. The minimum atomic E-state index is -1.49. The maximum atomic E-state index is 13.6. The number of carbonyl (C=O) groups is 2. The van der Waals surface area contributed by atoms with E-state index >= 15 is 0 Å². The molecule has 4 aliphatic rings. The van der Waals surface area contributed by atoms with Crippen molar-refractivity contribution in [1.82, 2.24) is 9.80 Å². The Labute approximate surface area is 298 Å². The average Bonchev–Trinajstić information content (AvgIpc) is 3.33. The number of hydrogen-bond donors (Lipinski definition) is 2. The molecule has 0 aliphatic carbocycles. The SMILES string of the molecule is CO[C@]1(C)C[C@H](O[C@H]2[C@H](C)[C@@H](O[C@@H]3O[C@H](C)C[C@H]4[C@H]3OC(=NC(C)C)N4C)[C@](C)(O)C[C@@H](C)CN(C)C(=O)CCOC(=O)[C@@H]2C)O[C@@H](C)[C@@H]1O. The molecule has 0 spiro atoms. The predicted molar refractivity (Wildman–Crippen MR) is 184 cm³/mol. The van der Waals surface area contributed by atoms with E-state index in [0.29, 0.717) is 19.0 Å². The Balaban J connectivity index is 1.75. The molecule has 14 heteroatoms. The van der Waals surface area contributed by atoms with E-state index in [9.17, 15) is 19.8 Å². The number of esters is 1. The standard InChI is InChI=1S/C36H63N3O11/c1-19(2)37-34-39(11)25-15-21(4)46-33(29(25)49-34)50-31-22(5)28(48-27-17-36(9,44-12)30(41)24(7)47-27)23(6)32(42)45-14-13-26(40)38(10)18-20(3)16-35(31,8)43/h19-25,27-31,33,41,43H,13-18H2,1-12H3/t20-,21-,22+,23-,24+,25+,27+,28+,29-,30+,31-,33+,35-,36-/m1/s1. The van der Waals surface area contributed by atoms with Crippen LogP contribution in [-0.2, 0) is 42.7 Å². The third-order valence-electron chi connectivity index (χ3n) is 10.9. The summed E-state index contributed by atoms with van der Waals surface area (Å²) in [5.74, 6) is -2.34. The van der Waals surface area contributed by atoms with E-state index in [-0.39, 0.29) is 55.9 Å².